The standard InChI is InChI=1S/C17H15NO2S/c1-9-4-6-12-13(17(19)20)8-14(18-16(12)11(9)3)15-7-5-10(2)21-15/h4-8H,1-3H3,(H,19,20)/p-1. The molecule has 3 rings (SSSR count). The van der Waals surface area contributed by atoms with Crippen LogP contribution in [-0.4, -0.2) is 11.0 Å². The monoisotopic (exact) mass is 296 g/mol. The van der Waals surface area contributed by atoms with Gasteiger partial charge >= 0.3 is 0 Å². The van der Waals surface area contributed by atoms with Crippen molar-refractivity contribution >= 4 is 28.2 Å². The minimum Gasteiger partial charge on any atom is -0.545 e. The van der Waals surface area contributed by atoms with Gasteiger partial charge < -0.3 is 9.90 Å². The maximum absolute atomic E-state index is 11.5. The van der Waals surface area contributed by atoms with E-state index >= 15 is 0 Å². The number of benzene rings is 1. The number of rotatable bonds is 2. The second kappa shape index (κ2) is 4.97. The number of pyridine rings is 1. The van der Waals surface area contributed by atoms with Gasteiger partial charge in [0.2, 0.25) is 0 Å². The number of aromatic carboxylic acids is 1. The summed E-state index contributed by atoms with van der Waals surface area (Å²) >= 11 is 1.60. The molecule has 1 aromatic carbocycles. The van der Waals surface area contributed by atoms with Crippen LogP contribution < -0.4 is 5.11 Å². The Morgan fingerprint density at radius 2 is 1.90 bits per heavy atom. The molecule has 0 aliphatic heterocycles. The second-order valence-corrected chi connectivity index (χ2v) is 6.44. The van der Waals surface area contributed by atoms with E-state index in [1.807, 2.05) is 39.0 Å². The van der Waals surface area contributed by atoms with Gasteiger partial charge in [-0.25, -0.2) is 4.98 Å². The molecule has 0 bridgehead atoms. The van der Waals surface area contributed by atoms with E-state index in [4.69, 9.17) is 0 Å². The van der Waals surface area contributed by atoms with E-state index in [9.17, 15) is 9.90 Å². The Balaban J connectivity index is 2.38. The van der Waals surface area contributed by atoms with E-state index in [0.717, 1.165) is 21.5 Å². The average molecular weight is 296 g/mol. The number of carboxylic acid groups (broad SMARTS) is 1. The molecule has 0 aliphatic rings. The molecule has 3 nitrogen and oxygen atoms in total. The predicted octanol–water partition coefficient (Wildman–Crippen LogP) is 3.25. The summed E-state index contributed by atoms with van der Waals surface area (Å²) in [6, 6.07) is 9.31. The van der Waals surface area contributed by atoms with Gasteiger partial charge in [0.1, 0.15) is 0 Å². The molecule has 0 N–H and O–H groups in total. The Morgan fingerprint density at radius 1 is 1.14 bits per heavy atom. The third kappa shape index (κ3) is 2.32. The highest BCUT2D eigenvalue weighted by atomic mass is 32.1. The summed E-state index contributed by atoms with van der Waals surface area (Å²) in [5.41, 5.74) is 3.72. The quantitative estimate of drug-likeness (QED) is 0.729. The summed E-state index contributed by atoms with van der Waals surface area (Å²) in [5, 5.41) is 12.1. The van der Waals surface area contributed by atoms with Crippen molar-refractivity contribution in [2.75, 3.05) is 0 Å². The third-order valence-electron chi connectivity index (χ3n) is 3.72. The van der Waals surface area contributed by atoms with Crippen LogP contribution >= 0.6 is 11.3 Å². The Bertz CT molecular complexity index is 865. The van der Waals surface area contributed by atoms with Crippen LogP contribution in [0.1, 0.15) is 26.4 Å². The van der Waals surface area contributed by atoms with Crippen LogP contribution in [0.4, 0.5) is 0 Å². The van der Waals surface area contributed by atoms with Gasteiger partial charge in [0.05, 0.1) is 22.1 Å². The van der Waals surface area contributed by atoms with Crippen molar-refractivity contribution in [3.8, 4) is 10.6 Å². The summed E-state index contributed by atoms with van der Waals surface area (Å²) in [7, 11) is 0. The van der Waals surface area contributed by atoms with Crippen molar-refractivity contribution in [1.82, 2.24) is 4.98 Å². The van der Waals surface area contributed by atoms with E-state index in [2.05, 4.69) is 4.98 Å². The molecule has 0 saturated heterocycles. The molecule has 0 spiro atoms. The van der Waals surface area contributed by atoms with Crippen LogP contribution in [0.2, 0.25) is 0 Å². The van der Waals surface area contributed by atoms with Gasteiger partial charge in [-0.15, -0.1) is 11.3 Å². The highest BCUT2D eigenvalue weighted by Crippen LogP contribution is 2.31. The predicted molar refractivity (Wildman–Crippen MR) is 83.6 cm³/mol. The Morgan fingerprint density at radius 3 is 2.52 bits per heavy atom. The van der Waals surface area contributed by atoms with Crippen LogP contribution in [0.25, 0.3) is 21.5 Å². The lowest BCUT2D eigenvalue weighted by atomic mass is 10.0. The van der Waals surface area contributed by atoms with Gasteiger partial charge in [-0.05, 0) is 50.1 Å². The van der Waals surface area contributed by atoms with Crippen LogP contribution in [0.15, 0.2) is 30.3 Å². The molecule has 0 fully saturated rings. The van der Waals surface area contributed by atoms with E-state index in [1.165, 1.54) is 4.88 Å². The van der Waals surface area contributed by atoms with Crippen LogP contribution in [0.5, 0.6) is 0 Å². The maximum atomic E-state index is 11.5. The molecular weight excluding hydrogens is 282 g/mol. The van der Waals surface area contributed by atoms with Gasteiger partial charge in [-0.3, -0.25) is 0 Å². The van der Waals surface area contributed by atoms with Crippen molar-refractivity contribution in [3.05, 3.63) is 51.9 Å². The van der Waals surface area contributed by atoms with Gasteiger partial charge in [0, 0.05) is 15.8 Å². The molecule has 2 heterocycles. The summed E-state index contributed by atoms with van der Waals surface area (Å²) in [4.78, 5) is 18.3. The fourth-order valence-electron chi connectivity index (χ4n) is 2.40. The number of nitrogens with zero attached hydrogens (tertiary/aromatic N) is 1. The zero-order valence-corrected chi connectivity index (χ0v) is 12.9. The maximum Gasteiger partial charge on any atom is 0.0816 e. The van der Waals surface area contributed by atoms with Crippen molar-refractivity contribution in [1.29, 1.82) is 0 Å². The lowest BCUT2D eigenvalue weighted by Gasteiger charge is -2.12. The molecule has 2 aromatic heterocycles. The molecule has 0 atom stereocenters. The number of carbonyl (C=O) groups is 1. The lowest BCUT2D eigenvalue weighted by molar-refractivity contribution is -0.254. The number of hydrogen-bond acceptors (Lipinski definition) is 4. The van der Waals surface area contributed by atoms with E-state index in [0.29, 0.717) is 11.1 Å². The van der Waals surface area contributed by atoms with Crippen molar-refractivity contribution < 1.29 is 9.90 Å². The molecule has 0 unspecified atom stereocenters. The number of hydrogen-bond donors (Lipinski definition) is 0. The normalized spacial score (nSPS) is 11.0. The van der Waals surface area contributed by atoms with E-state index < -0.39 is 5.97 Å². The largest absolute Gasteiger partial charge is 0.545 e. The Hall–Kier alpha value is -2.20. The molecular formula is C17H14NO2S-. The number of thiophene rings is 1. The van der Waals surface area contributed by atoms with Crippen LogP contribution in [0.3, 0.4) is 0 Å². The summed E-state index contributed by atoms with van der Waals surface area (Å²) < 4.78 is 0. The average Bonchev–Trinajstić information content (AvgIpc) is 2.88. The molecule has 4 heteroatoms. The molecule has 0 aliphatic carbocycles. The molecule has 0 radical (unpaired) electrons. The fraction of sp³-hybridized carbons (Fsp3) is 0.176. The summed E-state index contributed by atoms with van der Waals surface area (Å²) in [6.07, 6.45) is 0. The van der Waals surface area contributed by atoms with Crippen molar-refractivity contribution in [2.24, 2.45) is 0 Å². The fourth-order valence-corrected chi connectivity index (χ4v) is 3.23. The highest BCUT2D eigenvalue weighted by molar-refractivity contribution is 7.15. The first kappa shape index (κ1) is 13.8. The molecule has 106 valence electrons. The topological polar surface area (TPSA) is 53.0 Å². The molecule has 0 saturated carbocycles. The molecule has 21 heavy (non-hydrogen) atoms. The minimum atomic E-state index is -1.17. The first-order chi connectivity index (χ1) is 9.97. The van der Waals surface area contributed by atoms with E-state index in [-0.39, 0.29) is 5.56 Å². The van der Waals surface area contributed by atoms with Gasteiger partial charge in [-0.1, -0.05) is 12.1 Å². The zero-order valence-electron chi connectivity index (χ0n) is 12.1. The summed E-state index contributed by atoms with van der Waals surface area (Å²) in [5.74, 6) is -1.17. The smallest absolute Gasteiger partial charge is 0.0816 e. The van der Waals surface area contributed by atoms with Crippen molar-refractivity contribution in [2.45, 2.75) is 20.8 Å². The zero-order chi connectivity index (χ0) is 15.1. The van der Waals surface area contributed by atoms with Gasteiger partial charge in [0.15, 0.2) is 0 Å². The highest BCUT2D eigenvalue weighted by Gasteiger charge is 2.12. The first-order valence-electron chi connectivity index (χ1n) is 6.66. The lowest BCUT2D eigenvalue weighted by Crippen LogP contribution is -2.22. The number of aromatic nitrogens is 1. The Labute approximate surface area is 126 Å². The number of aryl methyl sites for hydroxylation is 3. The number of carbonyl (C=O) groups excluding carboxylic acids is 1. The van der Waals surface area contributed by atoms with Gasteiger partial charge in [-0.2, -0.15) is 0 Å². The van der Waals surface area contributed by atoms with Gasteiger partial charge in [0.25, 0.3) is 0 Å². The third-order valence-corrected chi connectivity index (χ3v) is 4.74. The SMILES string of the molecule is Cc1ccc(-c2cc(C(=O)[O-])c3ccc(C)c(C)c3n2)s1. The number of fused-ring (bicyclic) bond motifs is 1. The van der Waals surface area contributed by atoms with Crippen LogP contribution in [-0.2, 0) is 0 Å². The van der Waals surface area contributed by atoms with E-state index in [1.54, 1.807) is 23.5 Å². The number of carboxylic acids is 1. The minimum absolute atomic E-state index is 0.198. The first-order valence-corrected chi connectivity index (χ1v) is 7.48. The molecule has 0 amide bonds. The van der Waals surface area contributed by atoms with Crippen molar-refractivity contribution in [3.63, 3.8) is 0 Å². The van der Waals surface area contributed by atoms with Crippen LogP contribution in [0, 0.1) is 20.8 Å². The Kier molecular flexibility index (Phi) is 3.26. The second-order valence-electron chi connectivity index (χ2n) is 5.16. The molecule has 3 aromatic rings. The summed E-state index contributed by atoms with van der Waals surface area (Å²) in [6.45, 7) is 5.98.